The molecule has 3 rings (SSSR count). The summed E-state index contributed by atoms with van der Waals surface area (Å²) in [4.78, 5) is 16.4. The third-order valence-corrected chi connectivity index (χ3v) is 4.47. The van der Waals surface area contributed by atoms with E-state index in [0.29, 0.717) is 12.3 Å². The van der Waals surface area contributed by atoms with E-state index in [1.54, 1.807) is 0 Å². The molecule has 0 atom stereocenters. The fourth-order valence-corrected chi connectivity index (χ4v) is 3.14. The van der Waals surface area contributed by atoms with E-state index in [1.165, 1.54) is 24.0 Å². The lowest BCUT2D eigenvalue weighted by Crippen LogP contribution is -2.34. The van der Waals surface area contributed by atoms with Crippen molar-refractivity contribution >= 4 is 11.5 Å². The van der Waals surface area contributed by atoms with E-state index < -0.39 is 0 Å². The normalized spacial score (nSPS) is 19.9. The van der Waals surface area contributed by atoms with Gasteiger partial charge in [0.1, 0.15) is 0 Å². The van der Waals surface area contributed by atoms with Gasteiger partial charge in [0.05, 0.1) is 6.20 Å². The molecule has 5 nitrogen and oxygen atoms in total. The summed E-state index contributed by atoms with van der Waals surface area (Å²) in [5, 5.41) is 4.23. The molecule has 0 spiro atoms. The van der Waals surface area contributed by atoms with Gasteiger partial charge in [0.2, 0.25) is 5.91 Å². The number of carbonyl (C=O) groups is 1. The van der Waals surface area contributed by atoms with Crippen LogP contribution in [0.15, 0.2) is 18.5 Å². The molecular formula is C16H24N4O. The molecule has 1 fully saturated rings. The smallest absolute Gasteiger partial charge is 0.223 e. The highest BCUT2D eigenvalue weighted by molar-refractivity contribution is 5.76. The first-order valence-electron chi connectivity index (χ1n) is 7.90. The van der Waals surface area contributed by atoms with Crippen LogP contribution in [0.2, 0.25) is 0 Å². The quantitative estimate of drug-likeness (QED) is 0.843. The van der Waals surface area contributed by atoms with Crippen LogP contribution in [-0.2, 0) is 11.8 Å². The summed E-state index contributed by atoms with van der Waals surface area (Å²) in [6.07, 6.45) is 10.3. The summed E-state index contributed by atoms with van der Waals surface area (Å²) in [5.74, 6) is 0.328. The topological polar surface area (TPSA) is 41.4 Å². The van der Waals surface area contributed by atoms with Gasteiger partial charge in [0.15, 0.2) is 0 Å². The standard InChI is InChI=1S/C16H24N4O/c1-18-13-15(12-17-18)14-4-9-19(10-5-14)11-6-16(21)20-7-2-3-8-20/h4,12-13H,2-3,5-11H2,1H3. The van der Waals surface area contributed by atoms with Crippen molar-refractivity contribution in [1.29, 1.82) is 0 Å². The van der Waals surface area contributed by atoms with Gasteiger partial charge in [0.25, 0.3) is 0 Å². The number of rotatable bonds is 4. The number of amides is 1. The Morgan fingerprint density at radius 2 is 2.10 bits per heavy atom. The molecule has 1 aromatic rings. The summed E-state index contributed by atoms with van der Waals surface area (Å²) >= 11 is 0. The van der Waals surface area contributed by atoms with Crippen LogP contribution < -0.4 is 0 Å². The third kappa shape index (κ3) is 3.53. The summed E-state index contributed by atoms with van der Waals surface area (Å²) in [5.41, 5.74) is 2.61. The molecule has 1 saturated heterocycles. The van der Waals surface area contributed by atoms with Gasteiger partial charge in [-0.2, -0.15) is 5.10 Å². The van der Waals surface area contributed by atoms with E-state index >= 15 is 0 Å². The third-order valence-electron chi connectivity index (χ3n) is 4.47. The van der Waals surface area contributed by atoms with Crippen LogP contribution in [0.25, 0.3) is 5.57 Å². The summed E-state index contributed by atoms with van der Waals surface area (Å²) in [6.45, 7) is 4.78. The van der Waals surface area contributed by atoms with E-state index in [-0.39, 0.29) is 0 Å². The Bertz CT molecular complexity index is 528. The Kier molecular flexibility index (Phi) is 4.39. The number of aryl methyl sites for hydroxylation is 1. The molecule has 114 valence electrons. The highest BCUT2D eigenvalue weighted by Crippen LogP contribution is 2.21. The minimum Gasteiger partial charge on any atom is -0.343 e. The van der Waals surface area contributed by atoms with Crippen molar-refractivity contribution in [1.82, 2.24) is 19.6 Å². The maximum Gasteiger partial charge on any atom is 0.223 e. The second-order valence-electron chi connectivity index (χ2n) is 6.02. The summed E-state index contributed by atoms with van der Waals surface area (Å²) in [7, 11) is 1.95. The van der Waals surface area contributed by atoms with Crippen molar-refractivity contribution in [3.05, 3.63) is 24.0 Å². The van der Waals surface area contributed by atoms with Gasteiger partial charge in [-0.1, -0.05) is 6.08 Å². The fourth-order valence-electron chi connectivity index (χ4n) is 3.14. The minimum atomic E-state index is 0.328. The van der Waals surface area contributed by atoms with Crippen LogP contribution in [-0.4, -0.2) is 58.2 Å². The monoisotopic (exact) mass is 288 g/mol. The number of hydrogen-bond donors (Lipinski definition) is 0. The molecule has 21 heavy (non-hydrogen) atoms. The van der Waals surface area contributed by atoms with Gasteiger partial charge >= 0.3 is 0 Å². The molecule has 0 aliphatic carbocycles. The first kappa shape index (κ1) is 14.3. The van der Waals surface area contributed by atoms with Crippen molar-refractivity contribution in [2.75, 3.05) is 32.7 Å². The van der Waals surface area contributed by atoms with Crippen LogP contribution in [0.5, 0.6) is 0 Å². The van der Waals surface area contributed by atoms with Crippen LogP contribution >= 0.6 is 0 Å². The molecule has 0 bridgehead atoms. The Morgan fingerprint density at radius 3 is 2.71 bits per heavy atom. The molecule has 0 aromatic carbocycles. The van der Waals surface area contributed by atoms with Crippen molar-refractivity contribution in [3.63, 3.8) is 0 Å². The van der Waals surface area contributed by atoms with Crippen molar-refractivity contribution in [2.24, 2.45) is 7.05 Å². The number of aromatic nitrogens is 2. The SMILES string of the molecule is Cn1cc(C2=CCN(CCC(=O)N3CCCC3)CC2)cn1. The number of likely N-dealkylation sites (tertiary alicyclic amines) is 1. The Morgan fingerprint density at radius 1 is 1.29 bits per heavy atom. The maximum absolute atomic E-state index is 12.0. The lowest BCUT2D eigenvalue weighted by molar-refractivity contribution is -0.130. The predicted molar refractivity (Wildman–Crippen MR) is 82.7 cm³/mol. The zero-order chi connectivity index (χ0) is 14.7. The Labute approximate surface area is 126 Å². The minimum absolute atomic E-state index is 0.328. The summed E-state index contributed by atoms with van der Waals surface area (Å²) in [6, 6.07) is 0. The number of carbonyl (C=O) groups excluding carboxylic acids is 1. The average molecular weight is 288 g/mol. The number of nitrogens with zero attached hydrogens (tertiary/aromatic N) is 4. The van der Waals surface area contributed by atoms with Crippen LogP contribution in [0.1, 0.15) is 31.2 Å². The molecule has 0 radical (unpaired) electrons. The van der Waals surface area contributed by atoms with Crippen molar-refractivity contribution in [2.45, 2.75) is 25.7 Å². The highest BCUT2D eigenvalue weighted by Gasteiger charge is 2.19. The molecule has 0 N–H and O–H groups in total. The second-order valence-corrected chi connectivity index (χ2v) is 6.02. The first-order chi connectivity index (χ1) is 10.2. The van der Waals surface area contributed by atoms with Gasteiger partial charge in [0, 0.05) is 58.0 Å². The molecule has 0 unspecified atom stereocenters. The van der Waals surface area contributed by atoms with E-state index in [4.69, 9.17) is 0 Å². The zero-order valence-corrected chi connectivity index (χ0v) is 12.8. The molecule has 1 aromatic heterocycles. The molecule has 2 aliphatic heterocycles. The molecule has 2 aliphatic rings. The maximum atomic E-state index is 12.0. The first-order valence-corrected chi connectivity index (χ1v) is 7.90. The largest absolute Gasteiger partial charge is 0.343 e. The van der Waals surface area contributed by atoms with Crippen LogP contribution in [0.3, 0.4) is 0 Å². The van der Waals surface area contributed by atoms with E-state index in [2.05, 4.69) is 22.3 Å². The molecule has 1 amide bonds. The van der Waals surface area contributed by atoms with Gasteiger partial charge in [-0.3, -0.25) is 14.4 Å². The lowest BCUT2D eigenvalue weighted by Gasteiger charge is -2.26. The van der Waals surface area contributed by atoms with Gasteiger partial charge in [-0.15, -0.1) is 0 Å². The Hall–Kier alpha value is -1.62. The molecular weight excluding hydrogens is 264 g/mol. The molecule has 5 heteroatoms. The highest BCUT2D eigenvalue weighted by atomic mass is 16.2. The van der Waals surface area contributed by atoms with Crippen LogP contribution in [0.4, 0.5) is 0 Å². The van der Waals surface area contributed by atoms with Gasteiger partial charge in [-0.25, -0.2) is 0 Å². The fraction of sp³-hybridized carbons (Fsp3) is 0.625. The van der Waals surface area contributed by atoms with Crippen molar-refractivity contribution < 1.29 is 4.79 Å². The van der Waals surface area contributed by atoms with Crippen LogP contribution in [0, 0.1) is 0 Å². The molecule has 0 saturated carbocycles. The predicted octanol–water partition coefficient (Wildman–Crippen LogP) is 1.52. The summed E-state index contributed by atoms with van der Waals surface area (Å²) < 4.78 is 1.84. The lowest BCUT2D eigenvalue weighted by atomic mass is 10.0. The van der Waals surface area contributed by atoms with Gasteiger partial charge < -0.3 is 4.90 Å². The van der Waals surface area contributed by atoms with E-state index in [9.17, 15) is 4.79 Å². The van der Waals surface area contributed by atoms with Gasteiger partial charge in [-0.05, 0) is 24.8 Å². The van der Waals surface area contributed by atoms with E-state index in [0.717, 1.165) is 39.1 Å². The number of hydrogen-bond acceptors (Lipinski definition) is 3. The van der Waals surface area contributed by atoms with E-state index in [1.807, 2.05) is 22.8 Å². The molecule has 3 heterocycles. The zero-order valence-electron chi connectivity index (χ0n) is 12.8. The second kappa shape index (κ2) is 6.43. The van der Waals surface area contributed by atoms with Crippen molar-refractivity contribution in [3.8, 4) is 0 Å². The average Bonchev–Trinajstić information content (AvgIpc) is 3.17. The Balaban J connectivity index is 1.47.